The average Bonchev–Trinajstić information content (AvgIpc) is 3.01. The molecule has 8 heteroatoms. The molecule has 0 unspecified atom stereocenters. The molecule has 0 spiro atoms. The van der Waals surface area contributed by atoms with Gasteiger partial charge in [0.25, 0.3) is 0 Å². The van der Waals surface area contributed by atoms with Crippen LogP contribution in [-0.2, 0) is 20.2 Å². The highest BCUT2D eigenvalue weighted by Crippen LogP contribution is 2.27. The van der Waals surface area contributed by atoms with Crippen molar-refractivity contribution in [3.8, 4) is 0 Å². The van der Waals surface area contributed by atoms with Gasteiger partial charge in [0.2, 0.25) is 15.9 Å². The third-order valence-corrected chi connectivity index (χ3v) is 7.38. The van der Waals surface area contributed by atoms with E-state index in [4.69, 9.17) is 0 Å². The van der Waals surface area contributed by atoms with E-state index in [1.165, 1.54) is 4.31 Å². The second-order valence-electron chi connectivity index (χ2n) is 7.45. The Morgan fingerprint density at radius 3 is 2.19 bits per heavy atom. The average molecular weight is 391 g/mol. The lowest BCUT2D eigenvalue weighted by Gasteiger charge is -2.38. The van der Waals surface area contributed by atoms with Crippen LogP contribution in [0.2, 0.25) is 0 Å². The molecule has 3 rings (SSSR count). The number of aromatic amines is 1. The summed E-state index contributed by atoms with van der Waals surface area (Å²) in [5, 5.41) is 6.72. The van der Waals surface area contributed by atoms with Crippen LogP contribution in [0.1, 0.15) is 30.8 Å². The first kappa shape index (κ1) is 19.6. The first-order chi connectivity index (χ1) is 12.7. The summed E-state index contributed by atoms with van der Waals surface area (Å²) in [5.41, 5.74) is 1.31. The topological polar surface area (TPSA) is 86.4 Å². The van der Waals surface area contributed by atoms with Crippen LogP contribution in [0.15, 0.2) is 35.2 Å². The molecule has 7 nitrogen and oxygen atoms in total. The van der Waals surface area contributed by atoms with Crippen LogP contribution in [0, 0.1) is 13.8 Å². The second-order valence-corrected chi connectivity index (χ2v) is 9.33. The Labute approximate surface area is 160 Å². The van der Waals surface area contributed by atoms with Gasteiger partial charge in [-0.05, 0) is 33.3 Å². The number of nitrogens with one attached hydrogen (secondary N) is 1. The lowest BCUT2D eigenvalue weighted by molar-refractivity contribution is -0.137. The Morgan fingerprint density at radius 1 is 1.07 bits per heavy atom. The summed E-state index contributed by atoms with van der Waals surface area (Å²) in [5.74, 6) is 0.0152. The van der Waals surface area contributed by atoms with Gasteiger partial charge in [-0.15, -0.1) is 0 Å². The number of rotatable bonds is 4. The molecule has 2 aromatic rings. The Balaban J connectivity index is 1.73. The number of carbonyl (C=O) groups excluding carboxylic acids is 1. The fraction of sp³-hybridized carbons (Fsp3) is 0.474. The van der Waals surface area contributed by atoms with E-state index in [-0.39, 0.29) is 23.9 Å². The van der Waals surface area contributed by atoms with Crippen molar-refractivity contribution in [2.24, 2.45) is 0 Å². The summed E-state index contributed by atoms with van der Waals surface area (Å²) in [6.07, 6.45) is 0. The van der Waals surface area contributed by atoms with Gasteiger partial charge in [-0.2, -0.15) is 9.40 Å². The van der Waals surface area contributed by atoms with Crippen molar-refractivity contribution >= 4 is 15.9 Å². The van der Waals surface area contributed by atoms with Gasteiger partial charge in [-0.25, -0.2) is 8.42 Å². The monoisotopic (exact) mass is 390 g/mol. The van der Waals surface area contributed by atoms with Crippen molar-refractivity contribution in [3.63, 3.8) is 0 Å². The first-order valence-corrected chi connectivity index (χ1v) is 10.5. The van der Waals surface area contributed by atoms with Gasteiger partial charge in [-0.1, -0.05) is 30.3 Å². The fourth-order valence-electron chi connectivity index (χ4n) is 3.55. The van der Waals surface area contributed by atoms with Crippen LogP contribution in [0.5, 0.6) is 0 Å². The van der Waals surface area contributed by atoms with Gasteiger partial charge in [0.15, 0.2) is 0 Å². The summed E-state index contributed by atoms with van der Waals surface area (Å²) >= 11 is 0. The maximum absolute atomic E-state index is 13.1. The predicted molar refractivity (Wildman–Crippen MR) is 103 cm³/mol. The molecule has 0 atom stereocenters. The highest BCUT2D eigenvalue weighted by Gasteiger charge is 2.38. The molecule has 27 heavy (non-hydrogen) atoms. The molecule has 1 fully saturated rings. The minimum Gasteiger partial charge on any atom is -0.339 e. The van der Waals surface area contributed by atoms with Crippen molar-refractivity contribution in [3.05, 3.63) is 47.3 Å². The highest BCUT2D eigenvalue weighted by atomic mass is 32.2. The lowest BCUT2D eigenvalue weighted by Crippen LogP contribution is -2.54. The van der Waals surface area contributed by atoms with Crippen LogP contribution in [0.25, 0.3) is 0 Å². The molecule has 1 aliphatic heterocycles. The molecule has 1 amide bonds. The third kappa shape index (κ3) is 3.51. The molecule has 0 saturated carbocycles. The Bertz CT molecular complexity index is 908. The zero-order chi connectivity index (χ0) is 19.8. The SMILES string of the molecule is Cc1n[nH]c(C)c1S(=O)(=O)N1CCN(C(=O)C(C)(C)c2ccccc2)CC1. The van der Waals surface area contributed by atoms with Crippen LogP contribution < -0.4 is 0 Å². The van der Waals surface area contributed by atoms with E-state index < -0.39 is 15.4 Å². The van der Waals surface area contributed by atoms with E-state index in [0.717, 1.165) is 5.56 Å². The number of hydrogen-bond donors (Lipinski definition) is 1. The van der Waals surface area contributed by atoms with Crippen LogP contribution in [0.4, 0.5) is 0 Å². The molecule has 1 aromatic heterocycles. The molecular weight excluding hydrogens is 364 g/mol. The molecule has 1 N–H and O–H groups in total. The van der Waals surface area contributed by atoms with E-state index >= 15 is 0 Å². The van der Waals surface area contributed by atoms with Gasteiger partial charge < -0.3 is 4.90 Å². The maximum Gasteiger partial charge on any atom is 0.246 e. The fourth-order valence-corrected chi connectivity index (χ4v) is 5.31. The number of hydrogen-bond acceptors (Lipinski definition) is 4. The largest absolute Gasteiger partial charge is 0.339 e. The van der Waals surface area contributed by atoms with E-state index in [2.05, 4.69) is 10.2 Å². The number of piperazine rings is 1. The summed E-state index contributed by atoms with van der Waals surface area (Å²) in [6, 6.07) is 9.66. The highest BCUT2D eigenvalue weighted by molar-refractivity contribution is 7.89. The van der Waals surface area contributed by atoms with Crippen LogP contribution >= 0.6 is 0 Å². The quantitative estimate of drug-likeness (QED) is 0.863. The molecule has 1 aliphatic rings. The minimum absolute atomic E-state index is 0.0152. The summed E-state index contributed by atoms with van der Waals surface area (Å²) in [7, 11) is -3.62. The van der Waals surface area contributed by atoms with Crippen LogP contribution in [-0.4, -0.2) is 59.9 Å². The molecule has 0 radical (unpaired) electrons. The number of carbonyl (C=O) groups is 1. The van der Waals surface area contributed by atoms with Crippen LogP contribution in [0.3, 0.4) is 0 Å². The normalized spacial score (nSPS) is 16.5. The molecule has 0 bridgehead atoms. The van der Waals surface area contributed by atoms with E-state index in [0.29, 0.717) is 24.5 Å². The van der Waals surface area contributed by atoms with Gasteiger partial charge >= 0.3 is 0 Å². The summed E-state index contributed by atoms with van der Waals surface area (Å²) < 4.78 is 27.3. The van der Waals surface area contributed by atoms with Crippen molar-refractivity contribution in [1.29, 1.82) is 0 Å². The number of aryl methyl sites for hydroxylation is 2. The van der Waals surface area contributed by atoms with Crippen molar-refractivity contribution < 1.29 is 13.2 Å². The first-order valence-electron chi connectivity index (χ1n) is 9.02. The third-order valence-electron chi connectivity index (χ3n) is 5.21. The number of amides is 1. The Hall–Kier alpha value is -2.19. The van der Waals surface area contributed by atoms with Gasteiger partial charge in [0.05, 0.1) is 16.8 Å². The lowest BCUT2D eigenvalue weighted by atomic mass is 9.83. The maximum atomic E-state index is 13.1. The smallest absolute Gasteiger partial charge is 0.246 e. The van der Waals surface area contributed by atoms with E-state index in [9.17, 15) is 13.2 Å². The molecule has 1 saturated heterocycles. The Kier molecular flexibility index (Phi) is 5.14. The molecular formula is C19H26N4O3S. The summed E-state index contributed by atoms with van der Waals surface area (Å²) in [4.78, 5) is 15.1. The molecule has 146 valence electrons. The second kappa shape index (κ2) is 7.09. The van der Waals surface area contributed by atoms with Crippen molar-refractivity contribution in [1.82, 2.24) is 19.4 Å². The van der Waals surface area contributed by atoms with Crippen molar-refractivity contribution in [2.45, 2.75) is 38.0 Å². The van der Waals surface area contributed by atoms with E-state index in [1.54, 1.807) is 18.7 Å². The number of benzene rings is 1. The molecule has 2 heterocycles. The minimum atomic E-state index is -3.62. The zero-order valence-corrected chi connectivity index (χ0v) is 17.0. The van der Waals surface area contributed by atoms with Gasteiger partial charge in [0, 0.05) is 26.2 Å². The Morgan fingerprint density at radius 2 is 1.67 bits per heavy atom. The molecule has 1 aromatic carbocycles. The molecule has 0 aliphatic carbocycles. The zero-order valence-electron chi connectivity index (χ0n) is 16.2. The number of nitrogens with zero attached hydrogens (tertiary/aromatic N) is 3. The number of H-pyrrole nitrogens is 1. The van der Waals surface area contributed by atoms with Gasteiger partial charge in [-0.3, -0.25) is 9.89 Å². The summed E-state index contributed by atoms with van der Waals surface area (Å²) in [6.45, 7) is 8.52. The van der Waals surface area contributed by atoms with Gasteiger partial charge in [0.1, 0.15) is 4.90 Å². The number of aromatic nitrogens is 2. The van der Waals surface area contributed by atoms with E-state index in [1.807, 2.05) is 44.2 Å². The van der Waals surface area contributed by atoms with Crippen molar-refractivity contribution in [2.75, 3.05) is 26.2 Å². The predicted octanol–water partition coefficient (Wildman–Crippen LogP) is 1.84. The number of sulfonamides is 1. The standard InChI is InChI=1S/C19H26N4O3S/c1-14-17(15(2)21-20-14)27(25,26)23-12-10-22(11-13-23)18(24)19(3,4)16-8-6-5-7-9-16/h5-9H,10-13H2,1-4H3,(H,20,21).